The molecule has 1 amide bonds. The molecule has 0 heterocycles. The van der Waals surface area contributed by atoms with Crippen molar-refractivity contribution < 1.29 is 19.1 Å². The molecule has 27 heavy (non-hydrogen) atoms. The maximum atomic E-state index is 12.6. The fraction of sp³-hybridized carbons (Fsp3) is 0.545. The predicted molar refractivity (Wildman–Crippen MR) is 108 cm³/mol. The van der Waals surface area contributed by atoms with Crippen LogP contribution in [-0.4, -0.2) is 50.2 Å². The summed E-state index contributed by atoms with van der Waals surface area (Å²) in [5.41, 5.74) is 2.15. The molecule has 150 valence electrons. The first-order chi connectivity index (χ1) is 13.0. The Kier molecular flexibility index (Phi) is 11.1. The van der Waals surface area contributed by atoms with Gasteiger partial charge in [0.05, 0.1) is 13.0 Å². The molecule has 0 radical (unpaired) electrons. The van der Waals surface area contributed by atoms with E-state index in [-0.39, 0.29) is 17.8 Å². The van der Waals surface area contributed by atoms with Crippen LogP contribution in [0.5, 0.6) is 0 Å². The van der Waals surface area contributed by atoms with Gasteiger partial charge in [-0.15, -0.1) is 0 Å². The number of unbranched alkanes of at least 4 members (excludes halogenated alkanes) is 1. The molecule has 0 aliphatic heterocycles. The summed E-state index contributed by atoms with van der Waals surface area (Å²) in [5, 5.41) is 0. The number of methoxy groups -OCH3 is 1. The van der Waals surface area contributed by atoms with Gasteiger partial charge < -0.3 is 14.4 Å². The summed E-state index contributed by atoms with van der Waals surface area (Å²) in [6.45, 7) is 8.15. The second-order valence-corrected chi connectivity index (χ2v) is 6.77. The van der Waals surface area contributed by atoms with Gasteiger partial charge in [0.15, 0.2) is 0 Å². The number of rotatable bonds is 12. The number of ether oxygens (including phenoxy) is 2. The summed E-state index contributed by atoms with van der Waals surface area (Å²) in [5.74, 6) is -0.790. The van der Waals surface area contributed by atoms with Gasteiger partial charge in [-0.1, -0.05) is 50.1 Å². The molecule has 0 N–H and O–H groups in total. The minimum absolute atomic E-state index is 0.111. The summed E-state index contributed by atoms with van der Waals surface area (Å²) in [7, 11) is 1.36. The number of carbonyl (C=O) groups is 2. The number of nitrogens with zero attached hydrogens (tertiary/aromatic N) is 1. The highest BCUT2D eigenvalue weighted by molar-refractivity contribution is 5.92. The van der Waals surface area contributed by atoms with Gasteiger partial charge in [0.1, 0.15) is 0 Å². The minimum atomic E-state index is -0.368. The predicted octanol–water partition coefficient (Wildman–Crippen LogP) is 3.85. The van der Waals surface area contributed by atoms with Crippen LogP contribution in [0.25, 0.3) is 6.08 Å². The molecule has 0 saturated heterocycles. The van der Waals surface area contributed by atoms with Crippen LogP contribution in [0.1, 0.15) is 44.2 Å². The smallest absolute Gasteiger partial charge is 0.310 e. The zero-order valence-corrected chi connectivity index (χ0v) is 17.1. The van der Waals surface area contributed by atoms with Crippen LogP contribution in [0.2, 0.25) is 0 Å². The summed E-state index contributed by atoms with van der Waals surface area (Å²) in [6, 6.07) is 7.97. The van der Waals surface area contributed by atoms with Gasteiger partial charge in [0, 0.05) is 32.4 Å². The number of hydrogen-bond acceptors (Lipinski definition) is 4. The summed E-state index contributed by atoms with van der Waals surface area (Å²) in [4.78, 5) is 26.1. The van der Waals surface area contributed by atoms with Gasteiger partial charge in [-0.25, -0.2) is 0 Å². The van der Waals surface area contributed by atoms with Crippen LogP contribution in [0.3, 0.4) is 0 Å². The van der Waals surface area contributed by atoms with Crippen molar-refractivity contribution in [1.82, 2.24) is 4.90 Å². The van der Waals surface area contributed by atoms with E-state index in [1.165, 1.54) is 12.7 Å². The molecule has 0 fully saturated rings. The lowest BCUT2D eigenvalue weighted by molar-refractivity contribution is -0.146. The highest BCUT2D eigenvalue weighted by Gasteiger charge is 2.20. The van der Waals surface area contributed by atoms with E-state index in [1.807, 2.05) is 31.2 Å². The average Bonchev–Trinajstić information content (AvgIpc) is 2.68. The lowest BCUT2D eigenvalue weighted by Gasteiger charge is -2.24. The van der Waals surface area contributed by atoms with E-state index in [4.69, 9.17) is 9.47 Å². The highest BCUT2D eigenvalue weighted by atomic mass is 16.5. The monoisotopic (exact) mass is 375 g/mol. The van der Waals surface area contributed by atoms with E-state index in [0.29, 0.717) is 19.7 Å². The lowest BCUT2D eigenvalue weighted by Crippen LogP contribution is -2.37. The summed E-state index contributed by atoms with van der Waals surface area (Å²) in [6.07, 6.45) is 6.25. The zero-order valence-electron chi connectivity index (χ0n) is 17.1. The Morgan fingerprint density at radius 1 is 1.15 bits per heavy atom. The quantitative estimate of drug-likeness (QED) is 0.316. The molecule has 1 atom stereocenters. The largest absolute Gasteiger partial charge is 0.469 e. The Morgan fingerprint density at radius 2 is 1.81 bits per heavy atom. The first-order valence-corrected chi connectivity index (χ1v) is 9.67. The summed E-state index contributed by atoms with van der Waals surface area (Å²) < 4.78 is 10.4. The topological polar surface area (TPSA) is 55.8 Å². The van der Waals surface area contributed by atoms with Crippen LogP contribution in [0.15, 0.2) is 30.3 Å². The molecule has 5 heteroatoms. The van der Waals surface area contributed by atoms with E-state index < -0.39 is 0 Å². The molecule has 0 saturated carbocycles. The Labute approximate surface area is 163 Å². The Balaban J connectivity index is 2.65. The fourth-order valence-corrected chi connectivity index (χ4v) is 2.55. The molecule has 0 aromatic heterocycles. The van der Waals surface area contributed by atoms with Gasteiger partial charge in [0.2, 0.25) is 5.91 Å². The van der Waals surface area contributed by atoms with Gasteiger partial charge >= 0.3 is 5.97 Å². The molecule has 1 aromatic rings. The summed E-state index contributed by atoms with van der Waals surface area (Å²) >= 11 is 0. The van der Waals surface area contributed by atoms with Crippen LogP contribution in [-0.2, 0) is 19.1 Å². The van der Waals surface area contributed by atoms with E-state index >= 15 is 0 Å². The van der Waals surface area contributed by atoms with E-state index in [9.17, 15) is 9.59 Å². The number of hydrogen-bond donors (Lipinski definition) is 0. The van der Waals surface area contributed by atoms with Gasteiger partial charge in [-0.05, 0) is 31.4 Å². The third kappa shape index (κ3) is 9.38. The van der Waals surface area contributed by atoms with E-state index in [2.05, 4.69) is 6.92 Å². The molecule has 5 nitrogen and oxygen atoms in total. The number of benzene rings is 1. The molecule has 1 unspecified atom stereocenters. The molecule has 1 aromatic carbocycles. The van der Waals surface area contributed by atoms with Crippen LogP contribution < -0.4 is 0 Å². The first-order valence-electron chi connectivity index (χ1n) is 9.67. The number of esters is 1. The van der Waals surface area contributed by atoms with Crippen LogP contribution in [0.4, 0.5) is 0 Å². The Hall–Kier alpha value is -2.14. The molecule has 0 aliphatic rings. The minimum Gasteiger partial charge on any atom is -0.469 e. The van der Waals surface area contributed by atoms with Crippen molar-refractivity contribution in [2.75, 3.05) is 33.4 Å². The van der Waals surface area contributed by atoms with Crippen molar-refractivity contribution in [2.45, 2.75) is 40.0 Å². The third-order valence-electron chi connectivity index (χ3n) is 4.26. The van der Waals surface area contributed by atoms with Crippen molar-refractivity contribution in [2.24, 2.45) is 5.92 Å². The molecule has 0 bridgehead atoms. The van der Waals surface area contributed by atoms with Crippen molar-refractivity contribution in [3.63, 3.8) is 0 Å². The number of carbonyl (C=O) groups excluding carboxylic acids is 2. The second kappa shape index (κ2) is 13.1. The lowest BCUT2D eigenvalue weighted by atomic mass is 10.1. The fourth-order valence-electron chi connectivity index (χ4n) is 2.55. The van der Waals surface area contributed by atoms with Gasteiger partial charge in [-0.2, -0.15) is 0 Å². The van der Waals surface area contributed by atoms with Crippen molar-refractivity contribution in [1.29, 1.82) is 0 Å². The van der Waals surface area contributed by atoms with Crippen LogP contribution >= 0.6 is 0 Å². The molecular weight excluding hydrogens is 342 g/mol. The van der Waals surface area contributed by atoms with Crippen molar-refractivity contribution in [3.05, 3.63) is 41.5 Å². The Morgan fingerprint density at radius 3 is 2.44 bits per heavy atom. The molecule has 1 rings (SSSR count). The molecule has 0 spiro atoms. The van der Waals surface area contributed by atoms with Crippen LogP contribution in [0, 0.1) is 12.8 Å². The molecular formula is C22H33NO4. The normalized spacial score (nSPS) is 12.1. The number of amides is 1. The Bertz CT molecular complexity index is 595. The van der Waals surface area contributed by atoms with Crippen molar-refractivity contribution in [3.8, 4) is 0 Å². The molecule has 0 aliphatic carbocycles. The third-order valence-corrected chi connectivity index (χ3v) is 4.26. The SMILES string of the molecule is CCCCOCCCN(CC(C)C(=O)OC)C(=O)/C=C/c1ccc(C)cc1. The average molecular weight is 376 g/mol. The van der Waals surface area contributed by atoms with Gasteiger partial charge in [-0.3, -0.25) is 9.59 Å². The second-order valence-electron chi connectivity index (χ2n) is 6.77. The highest BCUT2D eigenvalue weighted by Crippen LogP contribution is 2.08. The van der Waals surface area contributed by atoms with E-state index in [0.717, 1.165) is 31.4 Å². The maximum absolute atomic E-state index is 12.6. The van der Waals surface area contributed by atoms with Gasteiger partial charge in [0.25, 0.3) is 0 Å². The maximum Gasteiger partial charge on any atom is 0.310 e. The standard InChI is InChI=1S/C22H33NO4/c1-5-6-15-27-16-7-14-23(17-19(3)22(25)26-4)21(24)13-12-20-10-8-18(2)9-11-20/h8-13,19H,5-7,14-17H2,1-4H3/b13-12+. The zero-order chi connectivity index (χ0) is 20.1. The first kappa shape index (κ1) is 22.9. The number of aryl methyl sites for hydroxylation is 1. The van der Waals surface area contributed by atoms with E-state index in [1.54, 1.807) is 24.0 Å². The van der Waals surface area contributed by atoms with Crippen molar-refractivity contribution >= 4 is 18.0 Å².